The zero-order valence-corrected chi connectivity index (χ0v) is 9.68. The van der Waals surface area contributed by atoms with Crippen molar-refractivity contribution in [1.29, 1.82) is 21.6 Å². The molecule has 104 valence electrons. The standard InChI is InChI=1S/C7H14N10O2/c8-4(9)16-6(12)14-2(18)1-3(19)15-7(13)17-5(10)11/h1H2,(H6,8,9,12,14,16,18)(H6,10,11,13,15,17,19). The van der Waals surface area contributed by atoms with E-state index in [-0.39, 0.29) is 0 Å². The Balaban J connectivity index is 4.09. The van der Waals surface area contributed by atoms with Crippen molar-refractivity contribution < 1.29 is 9.59 Å². The van der Waals surface area contributed by atoms with Crippen molar-refractivity contribution >= 4 is 35.7 Å². The highest BCUT2D eigenvalue weighted by atomic mass is 16.2. The lowest BCUT2D eigenvalue weighted by Gasteiger charge is -2.09. The first kappa shape index (κ1) is 15.8. The summed E-state index contributed by atoms with van der Waals surface area (Å²) in [4.78, 5) is 22.5. The Kier molecular flexibility index (Phi) is 6.00. The van der Waals surface area contributed by atoms with Gasteiger partial charge in [-0.05, 0) is 0 Å². The molecule has 12 nitrogen and oxygen atoms in total. The molecule has 0 aromatic heterocycles. The topological polar surface area (TPSA) is 230 Å². The van der Waals surface area contributed by atoms with Gasteiger partial charge < -0.3 is 11.5 Å². The van der Waals surface area contributed by atoms with Crippen molar-refractivity contribution in [1.82, 2.24) is 21.3 Å². The van der Waals surface area contributed by atoms with Crippen LogP contribution >= 0.6 is 0 Å². The maximum absolute atomic E-state index is 11.2. The highest BCUT2D eigenvalue weighted by Crippen LogP contribution is 1.80. The lowest BCUT2D eigenvalue weighted by Crippen LogP contribution is -2.48. The van der Waals surface area contributed by atoms with E-state index in [0.29, 0.717) is 0 Å². The SMILES string of the molecule is N=C(N)NC(=N)NC(=O)CC(=O)NC(=N)NC(=N)N. The molecule has 0 bridgehead atoms. The van der Waals surface area contributed by atoms with Gasteiger partial charge in [-0.1, -0.05) is 0 Å². The predicted molar refractivity (Wildman–Crippen MR) is 66.5 cm³/mol. The third-order valence-electron chi connectivity index (χ3n) is 1.37. The smallest absolute Gasteiger partial charge is 0.236 e. The molecule has 2 amide bonds. The number of carbonyl (C=O) groups is 2. The molecule has 0 atom stereocenters. The van der Waals surface area contributed by atoms with Gasteiger partial charge in [0, 0.05) is 0 Å². The van der Waals surface area contributed by atoms with Crippen molar-refractivity contribution in [3.63, 3.8) is 0 Å². The Morgan fingerprint density at radius 3 is 1.32 bits per heavy atom. The summed E-state index contributed by atoms with van der Waals surface area (Å²) in [5, 5.41) is 35.7. The van der Waals surface area contributed by atoms with Crippen molar-refractivity contribution in [3.05, 3.63) is 0 Å². The minimum atomic E-state index is -0.841. The quantitative estimate of drug-likeness (QED) is 0.138. The molecule has 0 unspecified atom stereocenters. The first-order valence-corrected chi connectivity index (χ1v) is 4.69. The number of nitrogens with one attached hydrogen (secondary N) is 8. The van der Waals surface area contributed by atoms with Crippen molar-refractivity contribution in [3.8, 4) is 0 Å². The van der Waals surface area contributed by atoms with E-state index < -0.39 is 42.1 Å². The van der Waals surface area contributed by atoms with Crippen LogP contribution in [0, 0.1) is 21.6 Å². The lowest BCUT2D eigenvalue weighted by atomic mass is 10.4. The van der Waals surface area contributed by atoms with Crippen molar-refractivity contribution in [2.75, 3.05) is 0 Å². The molecule has 0 rings (SSSR count). The summed E-state index contributed by atoms with van der Waals surface area (Å²) < 4.78 is 0. The molecular weight excluding hydrogens is 256 g/mol. The van der Waals surface area contributed by atoms with Gasteiger partial charge in [0.1, 0.15) is 6.42 Å². The second-order valence-electron chi connectivity index (χ2n) is 3.10. The normalized spacial score (nSPS) is 8.84. The van der Waals surface area contributed by atoms with Gasteiger partial charge in [0.25, 0.3) is 0 Å². The number of hydrogen-bond acceptors (Lipinski definition) is 6. The summed E-state index contributed by atoms with van der Waals surface area (Å²) in [6, 6.07) is 0. The first-order valence-electron chi connectivity index (χ1n) is 4.69. The van der Waals surface area contributed by atoms with Crippen LogP contribution in [0.15, 0.2) is 0 Å². The van der Waals surface area contributed by atoms with Gasteiger partial charge in [-0.25, -0.2) is 0 Å². The number of amides is 2. The Morgan fingerprint density at radius 1 is 0.737 bits per heavy atom. The van der Waals surface area contributed by atoms with Crippen LogP contribution in [0.3, 0.4) is 0 Å². The maximum atomic E-state index is 11.2. The number of carbonyl (C=O) groups excluding carboxylic acids is 2. The molecule has 0 aromatic carbocycles. The molecule has 0 spiro atoms. The van der Waals surface area contributed by atoms with Crippen LogP contribution in [-0.2, 0) is 9.59 Å². The van der Waals surface area contributed by atoms with Crippen LogP contribution in [0.1, 0.15) is 6.42 Å². The highest BCUT2D eigenvalue weighted by molar-refractivity contribution is 6.11. The second-order valence-corrected chi connectivity index (χ2v) is 3.10. The fourth-order valence-electron chi connectivity index (χ4n) is 0.845. The third-order valence-corrected chi connectivity index (χ3v) is 1.37. The number of nitrogens with two attached hydrogens (primary N) is 2. The van der Waals surface area contributed by atoms with E-state index in [9.17, 15) is 9.59 Å². The van der Waals surface area contributed by atoms with Crippen LogP contribution < -0.4 is 32.7 Å². The van der Waals surface area contributed by atoms with E-state index in [2.05, 4.69) is 0 Å². The number of rotatable bonds is 2. The molecule has 0 aliphatic rings. The highest BCUT2D eigenvalue weighted by Gasteiger charge is 2.12. The van der Waals surface area contributed by atoms with E-state index in [4.69, 9.17) is 33.1 Å². The number of guanidine groups is 4. The Morgan fingerprint density at radius 2 is 1.05 bits per heavy atom. The Hall–Kier alpha value is -3.18. The van der Waals surface area contributed by atoms with Gasteiger partial charge in [-0.3, -0.25) is 52.5 Å². The molecule has 0 saturated carbocycles. The van der Waals surface area contributed by atoms with E-state index in [1.54, 1.807) is 0 Å². The van der Waals surface area contributed by atoms with Gasteiger partial charge in [-0.15, -0.1) is 0 Å². The van der Waals surface area contributed by atoms with Crippen LogP contribution in [0.2, 0.25) is 0 Å². The zero-order valence-electron chi connectivity index (χ0n) is 9.68. The van der Waals surface area contributed by atoms with Gasteiger partial charge in [0.2, 0.25) is 23.7 Å². The minimum absolute atomic E-state index is 0.540. The van der Waals surface area contributed by atoms with Crippen LogP contribution in [0.4, 0.5) is 0 Å². The molecule has 0 aromatic rings. The minimum Gasteiger partial charge on any atom is -0.370 e. The molecule has 0 radical (unpaired) electrons. The Bertz CT molecular complexity index is 401. The second kappa shape index (κ2) is 7.21. The molecule has 12 heteroatoms. The lowest BCUT2D eigenvalue weighted by molar-refractivity contribution is -0.127. The molecule has 0 aliphatic heterocycles. The average Bonchev–Trinajstić information content (AvgIpc) is 2.12. The van der Waals surface area contributed by atoms with Gasteiger partial charge >= 0.3 is 0 Å². The molecule has 0 heterocycles. The summed E-state index contributed by atoms with van der Waals surface area (Å²) in [5.41, 5.74) is 9.83. The summed E-state index contributed by atoms with van der Waals surface area (Å²) in [5.74, 6) is -3.87. The largest absolute Gasteiger partial charge is 0.370 e. The molecule has 19 heavy (non-hydrogen) atoms. The molecule has 0 fully saturated rings. The average molecular weight is 270 g/mol. The summed E-state index contributed by atoms with van der Waals surface area (Å²) in [7, 11) is 0. The van der Waals surface area contributed by atoms with E-state index in [0.717, 1.165) is 0 Å². The maximum Gasteiger partial charge on any atom is 0.236 e. The zero-order chi connectivity index (χ0) is 15.0. The van der Waals surface area contributed by atoms with Crippen LogP contribution in [0.5, 0.6) is 0 Å². The van der Waals surface area contributed by atoms with Gasteiger partial charge in [0.05, 0.1) is 0 Å². The van der Waals surface area contributed by atoms with Crippen LogP contribution in [0.25, 0.3) is 0 Å². The predicted octanol–water partition coefficient (Wildman–Crippen LogP) is -3.56. The fraction of sp³-hybridized carbons (Fsp3) is 0.143. The Labute approximate surface area is 107 Å². The molecule has 0 aliphatic carbocycles. The fourth-order valence-corrected chi connectivity index (χ4v) is 0.845. The summed E-state index contributed by atoms with van der Waals surface area (Å²) in [6.07, 6.45) is -0.663. The van der Waals surface area contributed by atoms with Crippen LogP contribution in [-0.4, -0.2) is 35.7 Å². The van der Waals surface area contributed by atoms with E-state index in [1.807, 2.05) is 21.3 Å². The number of hydrogen-bond donors (Lipinski definition) is 10. The van der Waals surface area contributed by atoms with Crippen molar-refractivity contribution in [2.45, 2.75) is 6.42 Å². The third kappa shape index (κ3) is 8.61. The molecular formula is C7H14N10O2. The molecule has 0 saturated heterocycles. The summed E-state index contributed by atoms with van der Waals surface area (Å²) in [6.45, 7) is 0. The first-order chi connectivity index (χ1) is 8.70. The van der Waals surface area contributed by atoms with Gasteiger partial charge in [0.15, 0.2) is 11.9 Å². The molecule has 12 N–H and O–H groups in total. The van der Waals surface area contributed by atoms with E-state index in [1.165, 1.54) is 0 Å². The van der Waals surface area contributed by atoms with Crippen molar-refractivity contribution in [2.24, 2.45) is 11.5 Å². The van der Waals surface area contributed by atoms with E-state index >= 15 is 0 Å². The summed E-state index contributed by atoms with van der Waals surface area (Å²) >= 11 is 0. The monoisotopic (exact) mass is 270 g/mol. The van der Waals surface area contributed by atoms with Gasteiger partial charge in [-0.2, -0.15) is 0 Å².